The number of amides is 1. The van der Waals surface area contributed by atoms with Crippen LogP contribution in [0.3, 0.4) is 0 Å². The largest absolute Gasteiger partial charge is 0.454 e. The molecule has 2 N–H and O–H groups in total. The average Bonchev–Trinajstić information content (AvgIpc) is 2.83. The van der Waals surface area contributed by atoms with E-state index in [1.807, 2.05) is 18.2 Å². The molecule has 1 atom stereocenters. The quantitative estimate of drug-likeness (QED) is 0.747. The van der Waals surface area contributed by atoms with Gasteiger partial charge in [-0.05, 0) is 12.1 Å². The normalized spacial score (nSPS) is 22.9. The summed E-state index contributed by atoms with van der Waals surface area (Å²) in [5.74, 6) is 1.47. The van der Waals surface area contributed by atoms with Crippen molar-refractivity contribution in [3.8, 4) is 11.5 Å². The number of anilines is 1. The molecule has 0 aromatic heterocycles. The van der Waals surface area contributed by atoms with E-state index in [0.717, 1.165) is 11.4 Å². The number of nitrogens with zero attached hydrogens (tertiary/aromatic N) is 1. The van der Waals surface area contributed by atoms with Gasteiger partial charge in [0.1, 0.15) is 0 Å². The predicted molar refractivity (Wildman–Crippen MR) is 57.5 cm³/mol. The van der Waals surface area contributed by atoms with Gasteiger partial charge in [-0.2, -0.15) is 0 Å². The topological polar surface area (TPSA) is 64.8 Å². The summed E-state index contributed by atoms with van der Waals surface area (Å²) in [6, 6.07) is 5.41. The number of ether oxygens (including phenoxy) is 2. The lowest BCUT2D eigenvalue weighted by molar-refractivity contribution is -0.117. The van der Waals surface area contributed by atoms with E-state index in [9.17, 15) is 4.79 Å². The van der Waals surface area contributed by atoms with Crippen molar-refractivity contribution in [3.63, 3.8) is 0 Å². The first-order valence-electron chi connectivity index (χ1n) is 5.19. The van der Waals surface area contributed by atoms with E-state index in [4.69, 9.17) is 15.2 Å². The van der Waals surface area contributed by atoms with E-state index in [-0.39, 0.29) is 18.7 Å². The Morgan fingerprint density at radius 3 is 2.88 bits per heavy atom. The molecule has 0 saturated carbocycles. The third-order valence-electron chi connectivity index (χ3n) is 2.82. The molecule has 1 aromatic carbocycles. The molecule has 1 aromatic rings. The standard InChI is InChI=1S/C11H12N2O3/c12-7-3-11(14)13(5-7)8-1-2-9-10(4-8)16-6-15-9/h1-2,4,7H,3,5-6,12H2. The summed E-state index contributed by atoms with van der Waals surface area (Å²) in [5.41, 5.74) is 6.57. The molecular formula is C11H12N2O3. The summed E-state index contributed by atoms with van der Waals surface area (Å²) < 4.78 is 10.5. The van der Waals surface area contributed by atoms with Crippen LogP contribution in [0.1, 0.15) is 6.42 Å². The minimum atomic E-state index is -0.0714. The van der Waals surface area contributed by atoms with E-state index in [0.29, 0.717) is 18.7 Å². The molecule has 5 heteroatoms. The molecule has 2 aliphatic rings. The monoisotopic (exact) mass is 220 g/mol. The maximum Gasteiger partial charge on any atom is 0.231 e. The molecule has 1 amide bonds. The first-order valence-corrected chi connectivity index (χ1v) is 5.19. The molecule has 0 aliphatic carbocycles. The van der Waals surface area contributed by atoms with Gasteiger partial charge in [0.2, 0.25) is 12.7 Å². The number of rotatable bonds is 1. The van der Waals surface area contributed by atoms with Gasteiger partial charge in [-0.3, -0.25) is 4.79 Å². The maximum atomic E-state index is 11.7. The molecule has 1 unspecified atom stereocenters. The van der Waals surface area contributed by atoms with E-state index in [1.54, 1.807) is 4.90 Å². The summed E-state index contributed by atoms with van der Waals surface area (Å²) in [5, 5.41) is 0. The fraction of sp³-hybridized carbons (Fsp3) is 0.364. The second-order valence-electron chi connectivity index (χ2n) is 4.01. The second-order valence-corrected chi connectivity index (χ2v) is 4.01. The third-order valence-corrected chi connectivity index (χ3v) is 2.82. The summed E-state index contributed by atoms with van der Waals surface area (Å²) in [6.45, 7) is 0.810. The molecule has 2 aliphatic heterocycles. The maximum absolute atomic E-state index is 11.7. The lowest BCUT2D eigenvalue weighted by Crippen LogP contribution is -2.27. The molecule has 1 fully saturated rings. The molecule has 84 valence electrons. The zero-order chi connectivity index (χ0) is 11.1. The highest BCUT2D eigenvalue weighted by molar-refractivity contribution is 5.96. The van der Waals surface area contributed by atoms with Crippen molar-refractivity contribution in [2.75, 3.05) is 18.2 Å². The van der Waals surface area contributed by atoms with E-state index >= 15 is 0 Å². The van der Waals surface area contributed by atoms with Crippen LogP contribution in [-0.4, -0.2) is 25.3 Å². The van der Waals surface area contributed by atoms with Crippen LogP contribution >= 0.6 is 0 Å². The van der Waals surface area contributed by atoms with Crippen LogP contribution in [0.5, 0.6) is 11.5 Å². The Morgan fingerprint density at radius 2 is 2.12 bits per heavy atom. The highest BCUT2D eigenvalue weighted by Crippen LogP contribution is 2.36. The minimum absolute atomic E-state index is 0.0614. The van der Waals surface area contributed by atoms with Gasteiger partial charge < -0.3 is 20.1 Å². The zero-order valence-corrected chi connectivity index (χ0v) is 8.68. The van der Waals surface area contributed by atoms with Gasteiger partial charge in [0.15, 0.2) is 11.5 Å². The fourth-order valence-corrected chi connectivity index (χ4v) is 2.04. The van der Waals surface area contributed by atoms with Crippen LogP contribution in [0.4, 0.5) is 5.69 Å². The molecule has 2 heterocycles. The van der Waals surface area contributed by atoms with Crippen molar-refractivity contribution in [2.45, 2.75) is 12.5 Å². The highest BCUT2D eigenvalue weighted by Gasteiger charge is 2.29. The molecule has 1 saturated heterocycles. The summed E-state index contributed by atoms with van der Waals surface area (Å²) in [7, 11) is 0. The molecule has 3 rings (SSSR count). The Kier molecular flexibility index (Phi) is 2.00. The Morgan fingerprint density at radius 1 is 1.31 bits per heavy atom. The van der Waals surface area contributed by atoms with Gasteiger partial charge in [0.25, 0.3) is 0 Å². The van der Waals surface area contributed by atoms with Crippen LogP contribution < -0.4 is 20.1 Å². The minimum Gasteiger partial charge on any atom is -0.454 e. The number of fused-ring (bicyclic) bond motifs is 1. The first kappa shape index (κ1) is 9.47. The van der Waals surface area contributed by atoms with Gasteiger partial charge in [-0.1, -0.05) is 0 Å². The second kappa shape index (κ2) is 3.38. The number of hydrogen-bond acceptors (Lipinski definition) is 4. The van der Waals surface area contributed by atoms with Crippen molar-refractivity contribution >= 4 is 11.6 Å². The Hall–Kier alpha value is -1.75. The number of nitrogens with two attached hydrogens (primary N) is 1. The van der Waals surface area contributed by atoms with Crippen molar-refractivity contribution in [2.24, 2.45) is 5.73 Å². The predicted octanol–water partition coefficient (Wildman–Crippen LogP) is 0.479. The van der Waals surface area contributed by atoms with Crippen molar-refractivity contribution in [1.29, 1.82) is 0 Å². The van der Waals surface area contributed by atoms with Crippen molar-refractivity contribution in [1.82, 2.24) is 0 Å². The van der Waals surface area contributed by atoms with Crippen LogP contribution in [-0.2, 0) is 4.79 Å². The van der Waals surface area contributed by atoms with Gasteiger partial charge in [-0.25, -0.2) is 0 Å². The number of benzene rings is 1. The smallest absolute Gasteiger partial charge is 0.231 e. The molecule has 16 heavy (non-hydrogen) atoms. The van der Waals surface area contributed by atoms with Crippen LogP contribution in [0, 0.1) is 0 Å². The number of hydrogen-bond donors (Lipinski definition) is 1. The summed E-state index contributed by atoms with van der Waals surface area (Å²) >= 11 is 0. The Bertz CT molecular complexity index is 447. The SMILES string of the molecule is NC1CC(=O)N(c2ccc3c(c2)OCO3)C1. The highest BCUT2D eigenvalue weighted by atomic mass is 16.7. The average molecular weight is 220 g/mol. The van der Waals surface area contributed by atoms with Crippen molar-refractivity contribution < 1.29 is 14.3 Å². The number of carbonyl (C=O) groups is 1. The van der Waals surface area contributed by atoms with Gasteiger partial charge >= 0.3 is 0 Å². The van der Waals surface area contributed by atoms with Crippen LogP contribution in [0.15, 0.2) is 18.2 Å². The fourth-order valence-electron chi connectivity index (χ4n) is 2.04. The molecule has 0 spiro atoms. The lowest BCUT2D eigenvalue weighted by Gasteiger charge is -2.16. The zero-order valence-electron chi connectivity index (χ0n) is 8.68. The molecule has 0 radical (unpaired) electrons. The van der Waals surface area contributed by atoms with Gasteiger partial charge in [-0.15, -0.1) is 0 Å². The van der Waals surface area contributed by atoms with Crippen LogP contribution in [0.25, 0.3) is 0 Å². The van der Waals surface area contributed by atoms with E-state index < -0.39 is 0 Å². The summed E-state index contributed by atoms with van der Waals surface area (Å²) in [6.07, 6.45) is 0.411. The van der Waals surface area contributed by atoms with Crippen molar-refractivity contribution in [3.05, 3.63) is 18.2 Å². The molecule has 5 nitrogen and oxygen atoms in total. The first-order chi connectivity index (χ1) is 7.74. The van der Waals surface area contributed by atoms with Gasteiger partial charge in [0.05, 0.1) is 0 Å². The van der Waals surface area contributed by atoms with Gasteiger partial charge in [0, 0.05) is 30.8 Å². The lowest BCUT2D eigenvalue weighted by atomic mass is 10.2. The van der Waals surface area contributed by atoms with E-state index in [1.165, 1.54) is 0 Å². The number of carbonyl (C=O) groups excluding carboxylic acids is 1. The molecular weight excluding hydrogens is 208 g/mol. The van der Waals surface area contributed by atoms with Crippen LogP contribution in [0.2, 0.25) is 0 Å². The van der Waals surface area contributed by atoms with E-state index in [2.05, 4.69) is 0 Å². The molecule has 0 bridgehead atoms. The Balaban J connectivity index is 1.92. The third kappa shape index (κ3) is 1.40. The summed E-state index contributed by atoms with van der Waals surface area (Å²) in [4.78, 5) is 13.3. The Labute approximate surface area is 92.7 Å².